The molecule has 2 heterocycles. The smallest absolute Gasteiger partial charge is 0.307 e. The summed E-state index contributed by atoms with van der Waals surface area (Å²) in [5.74, 6) is -3.91. The Morgan fingerprint density at radius 2 is 1.85 bits per heavy atom. The molecular weight excluding hydrogens is 548 g/mol. The topological polar surface area (TPSA) is 158 Å². The van der Waals surface area contributed by atoms with Crippen molar-refractivity contribution >= 4 is 21.9 Å². The molecule has 0 saturated carbocycles. The zero-order valence-electron chi connectivity index (χ0n) is 22.9. The second-order valence-electron chi connectivity index (χ2n) is 10.4. The van der Waals surface area contributed by atoms with Crippen LogP contribution in [0.2, 0.25) is 0 Å². The van der Waals surface area contributed by atoms with E-state index in [0.29, 0.717) is 22.3 Å². The van der Waals surface area contributed by atoms with Crippen molar-refractivity contribution in [3.8, 4) is 17.0 Å². The van der Waals surface area contributed by atoms with Gasteiger partial charge in [0.25, 0.3) is 15.9 Å². The van der Waals surface area contributed by atoms with E-state index in [2.05, 4.69) is 10.1 Å². The summed E-state index contributed by atoms with van der Waals surface area (Å²) < 4.78 is 60.2. The monoisotopic (exact) mass is 579 g/mol. The van der Waals surface area contributed by atoms with Crippen LogP contribution < -0.4 is 9.88 Å². The number of carboxylic acids is 1. The van der Waals surface area contributed by atoms with Gasteiger partial charge in [0, 0.05) is 26.4 Å². The van der Waals surface area contributed by atoms with Crippen LogP contribution in [0.25, 0.3) is 11.1 Å². The van der Waals surface area contributed by atoms with Crippen LogP contribution in [0.1, 0.15) is 55.2 Å². The number of rotatable bonds is 10. The van der Waals surface area contributed by atoms with Crippen LogP contribution in [0, 0.1) is 11.6 Å². The van der Waals surface area contributed by atoms with E-state index in [1.54, 1.807) is 6.07 Å². The van der Waals surface area contributed by atoms with Gasteiger partial charge in [-0.15, -0.1) is 0 Å². The first-order chi connectivity index (χ1) is 18.4. The molecule has 3 aromatic rings. The van der Waals surface area contributed by atoms with Crippen LogP contribution in [-0.4, -0.2) is 65.8 Å². The number of sulfonamides is 1. The van der Waals surface area contributed by atoms with Crippen molar-refractivity contribution < 1.29 is 36.6 Å². The Morgan fingerprint density at radius 1 is 1.20 bits per heavy atom. The van der Waals surface area contributed by atoms with Gasteiger partial charge in [-0.1, -0.05) is 13.8 Å². The minimum Gasteiger partial charge on any atom is -0.481 e. The van der Waals surface area contributed by atoms with Crippen molar-refractivity contribution in [1.29, 1.82) is 0 Å². The third kappa shape index (κ3) is 6.45. The number of ether oxygens (including phenoxy) is 1. The third-order valence-corrected chi connectivity index (χ3v) is 6.87. The minimum absolute atomic E-state index is 0.0574. The molecule has 0 aliphatic rings. The predicted molar refractivity (Wildman–Crippen MR) is 141 cm³/mol. The maximum Gasteiger partial charge on any atom is 0.307 e. The average Bonchev–Trinajstić information content (AvgIpc) is 3.21. The lowest BCUT2D eigenvalue weighted by atomic mass is 9.88. The number of primary sulfonamides is 1. The predicted octanol–water partition coefficient (Wildman–Crippen LogP) is 3.14. The number of hydrogen-bond donors (Lipinski definition) is 2. The number of carbonyl (C=O) groups is 2. The lowest BCUT2D eigenvalue weighted by Gasteiger charge is -2.27. The Balaban J connectivity index is 2.02. The molecule has 1 aromatic carbocycles. The zero-order chi connectivity index (χ0) is 30.2. The fraction of sp³-hybridized carbons (Fsp3) is 0.385. The first-order valence-corrected chi connectivity index (χ1v) is 13.7. The highest BCUT2D eigenvalue weighted by Gasteiger charge is 2.37. The summed E-state index contributed by atoms with van der Waals surface area (Å²) >= 11 is 0. The number of amides is 1. The van der Waals surface area contributed by atoms with E-state index < -0.39 is 49.8 Å². The summed E-state index contributed by atoms with van der Waals surface area (Å²) in [6, 6.07) is 5.63. The quantitative estimate of drug-likeness (QED) is 0.371. The summed E-state index contributed by atoms with van der Waals surface area (Å²) in [6.07, 6.45) is 1.07. The zero-order valence-corrected chi connectivity index (χ0v) is 23.7. The second-order valence-corrected chi connectivity index (χ2v) is 11.8. The lowest BCUT2D eigenvalue weighted by Crippen LogP contribution is -2.38. The van der Waals surface area contributed by atoms with Gasteiger partial charge in [-0.2, -0.15) is 5.10 Å². The van der Waals surface area contributed by atoms with E-state index >= 15 is 4.39 Å². The molecule has 216 valence electrons. The van der Waals surface area contributed by atoms with Crippen molar-refractivity contribution in [3.63, 3.8) is 0 Å². The van der Waals surface area contributed by atoms with Crippen LogP contribution in [0.15, 0.2) is 35.5 Å². The first-order valence-electron chi connectivity index (χ1n) is 12.1. The van der Waals surface area contributed by atoms with Crippen LogP contribution in [0.5, 0.6) is 5.88 Å². The van der Waals surface area contributed by atoms with Crippen molar-refractivity contribution in [2.45, 2.75) is 50.6 Å². The van der Waals surface area contributed by atoms with Gasteiger partial charge in [0.15, 0.2) is 11.5 Å². The summed E-state index contributed by atoms with van der Waals surface area (Å²) in [4.78, 5) is 29.5. The number of aromatic nitrogens is 3. The van der Waals surface area contributed by atoms with Crippen LogP contribution in [0.3, 0.4) is 0 Å². The Morgan fingerprint density at radius 3 is 2.40 bits per heavy atom. The SMILES string of the molecule is CC(C)c1cc(F)cc(-c2ccnc(OCC(C)(C)n3nc(S(N)(=O)=O)c(F)c3C(=O)N(C)C)c2)c1CC(=O)O. The Labute approximate surface area is 230 Å². The first kappa shape index (κ1) is 30.6. The molecule has 0 aliphatic carbocycles. The third-order valence-electron chi connectivity index (χ3n) is 6.07. The van der Waals surface area contributed by atoms with E-state index in [1.165, 1.54) is 52.3 Å². The average molecular weight is 580 g/mol. The van der Waals surface area contributed by atoms with Crippen molar-refractivity contribution in [2.24, 2.45) is 5.14 Å². The van der Waals surface area contributed by atoms with E-state index in [-0.39, 0.29) is 24.8 Å². The van der Waals surface area contributed by atoms with E-state index in [1.807, 2.05) is 13.8 Å². The molecule has 2 aromatic heterocycles. The van der Waals surface area contributed by atoms with Crippen molar-refractivity contribution in [2.75, 3.05) is 20.7 Å². The van der Waals surface area contributed by atoms with Gasteiger partial charge in [-0.05, 0) is 60.2 Å². The molecule has 40 heavy (non-hydrogen) atoms. The molecule has 0 fully saturated rings. The van der Waals surface area contributed by atoms with Gasteiger partial charge < -0.3 is 14.7 Å². The number of pyridine rings is 1. The highest BCUT2D eigenvalue weighted by molar-refractivity contribution is 7.89. The molecule has 3 N–H and O–H groups in total. The Hall–Kier alpha value is -3.91. The van der Waals surface area contributed by atoms with Gasteiger partial charge >= 0.3 is 5.97 Å². The van der Waals surface area contributed by atoms with Gasteiger partial charge in [0.1, 0.15) is 12.4 Å². The van der Waals surface area contributed by atoms with Gasteiger partial charge in [-0.25, -0.2) is 32.0 Å². The molecule has 0 radical (unpaired) electrons. The highest BCUT2D eigenvalue weighted by atomic mass is 32.2. The molecular formula is C26H31F2N5O6S. The summed E-state index contributed by atoms with van der Waals surface area (Å²) in [5, 5.41) is 17.3. The fourth-order valence-corrected chi connectivity index (χ4v) is 4.68. The maximum atomic E-state index is 15.1. The van der Waals surface area contributed by atoms with E-state index in [9.17, 15) is 27.5 Å². The molecule has 0 aliphatic heterocycles. The molecule has 1 amide bonds. The second kappa shape index (κ2) is 11.3. The van der Waals surface area contributed by atoms with Gasteiger partial charge in [0.2, 0.25) is 10.9 Å². The van der Waals surface area contributed by atoms with E-state index in [4.69, 9.17) is 9.88 Å². The lowest BCUT2D eigenvalue weighted by molar-refractivity contribution is -0.136. The molecule has 0 unspecified atom stereocenters. The Kier molecular flexibility index (Phi) is 8.65. The molecule has 0 saturated heterocycles. The van der Waals surface area contributed by atoms with Crippen LogP contribution >= 0.6 is 0 Å². The number of halogens is 2. The largest absolute Gasteiger partial charge is 0.481 e. The summed E-state index contributed by atoms with van der Waals surface area (Å²) in [7, 11) is -1.86. The number of nitrogens with two attached hydrogens (primary N) is 1. The molecule has 14 heteroatoms. The van der Waals surface area contributed by atoms with Crippen molar-refractivity contribution in [3.05, 3.63) is 58.9 Å². The van der Waals surface area contributed by atoms with Gasteiger partial charge in [-0.3, -0.25) is 9.59 Å². The number of hydrogen-bond acceptors (Lipinski definition) is 7. The maximum absolute atomic E-state index is 15.1. The van der Waals surface area contributed by atoms with Crippen molar-refractivity contribution in [1.82, 2.24) is 19.7 Å². The number of nitrogens with zero attached hydrogens (tertiary/aromatic N) is 4. The van der Waals surface area contributed by atoms with Crippen LogP contribution in [0.4, 0.5) is 8.78 Å². The standard InChI is InChI=1S/C26H31F2N5O6S/c1-14(2)17-10-16(27)11-18(19(17)12-21(34)35)15-7-8-30-20(9-15)39-13-26(3,4)33-23(25(36)32(5)6)22(28)24(31-33)40(29,37)38/h7-11,14H,12-13H2,1-6H3,(H,34,35)(H2,29,37,38). The molecule has 3 rings (SSSR count). The summed E-state index contributed by atoms with van der Waals surface area (Å²) in [5.41, 5.74) is -0.0868. The van der Waals surface area contributed by atoms with E-state index in [0.717, 1.165) is 9.58 Å². The molecule has 0 atom stereocenters. The number of aliphatic carboxylic acids is 1. The number of benzene rings is 1. The number of carbonyl (C=O) groups excluding carboxylic acids is 1. The number of carboxylic acid groups (broad SMARTS) is 1. The molecule has 11 nitrogen and oxygen atoms in total. The fourth-order valence-electron chi connectivity index (χ4n) is 4.14. The normalized spacial score (nSPS) is 12.1. The van der Waals surface area contributed by atoms with Gasteiger partial charge in [0.05, 0.1) is 12.0 Å². The molecule has 0 bridgehead atoms. The van der Waals surface area contributed by atoms with Crippen LogP contribution in [-0.2, 0) is 26.8 Å². The Bertz CT molecular complexity index is 1570. The minimum atomic E-state index is -4.59. The summed E-state index contributed by atoms with van der Waals surface area (Å²) in [6.45, 7) is 6.48. The highest BCUT2D eigenvalue weighted by Crippen LogP contribution is 2.33. The molecule has 0 spiro atoms.